The molecule has 3 rings (SSSR count). The van der Waals surface area contributed by atoms with Gasteiger partial charge in [0.1, 0.15) is 5.76 Å². The molecule has 2 aliphatic rings. The van der Waals surface area contributed by atoms with E-state index in [1.54, 1.807) is 6.07 Å². The molecule has 1 N–H and O–H groups in total. The molecule has 21 heavy (non-hydrogen) atoms. The van der Waals surface area contributed by atoms with Gasteiger partial charge in [0, 0.05) is 37.0 Å². The summed E-state index contributed by atoms with van der Waals surface area (Å²) < 4.78 is 5.25. The summed E-state index contributed by atoms with van der Waals surface area (Å²) in [6.07, 6.45) is 3.48. The van der Waals surface area contributed by atoms with Crippen molar-refractivity contribution in [3.8, 4) is 0 Å². The van der Waals surface area contributed by atoms with Crippen molar-refractivity contribution in [2.45, 2.75) is 39.0 Å². The standard InChI is InChI=1S/C15H23N3O2.ClH/c1-11(2)13-8-12(17-20-13)14(19)18-7-3-4-15(10-18)5-6-16-9-15;/h8,11,16H,3-7,9-10H2,1-2H3;1H. The molecule has 5 nitrogen and oxygen atoms in total. The summed E-state index contributed by atoms with van der Waals surface area (Å²) in [7, 11) is 0. The second kappa shape index (κ2) is 6.36. The smallest absolute Gasteiger partial charge is 0.276 e. The molecule has 0 saturated carbocycles. The Kier molecular flexibility index (Phi) is 4.94. The van der Waals surface area contributed by atoms with Crippen LogP contribution in [0.5, 0.6) is 0 Å². The van der Waals surface area contributed by atoms with Crippen LogP contribution in [0.25, 0.3) is 0 Å². The number of carbonyl (C=O) groups excluding carboxylic acids is 1. The number of amides is 1. The van der Waals surface area contributed by atoms with Crippen LogP contribution in [-0.4, -0.2) is 42.1 Å². The van der Waals surface area contributed by atoms with E-state index in [9.17, 15) is 4.79 Å². The van der Waals surface area contributed by atoms with Crippen molar-refractivity contribution in [3.63, 3.8) is 0 Å². The van der Waals surface area contributed by atoms with E-state index in [1.807, 2.05) is 18.7 Å². The van der Waals surface area contributed by atoms with Gasteiger partial charge in [-0.3, -0.25) is 4.79 Å². The Morgan fingerprint density at radius 2 is 2.29 bits per heavy atom. The van der Waals surface area contributed by atoms with Gasteiger partial charge in [-0.15, -0.1) is 12.4 Å². The lowest BCUT2D eigenvalue weighted by Crippen LogP contribution is -2.47. The lowest BCUT2D eigenvalue weighted by atomic mass is 9.79. The quantitative estimate of drug-likeness (QED) is 0.911. The van der Waals surface area contributed by atoms with Gasteiger partial charge in [-0.1, -0.05) is 19.0 Å². The predicted molar refractivity (Wildman–Crippen MR) is 82.9 cm³/mol. The highest BCUT2D eigenvalue weighted by atomic mass is 35.5. The molecule has 118 valence electrons. The van der Waals surface area contributed by atoms with E-state index in [2.05, 4.69) is 10.5 Å². The van der Waals surface area contributed by atoms with E-state index in [-0.39, 0.29) is 24.2 Å². The van der Waals surface area contributed by atoms with Crippen LogP contribution in [0.15, 0.2) is 10.6 Å². The van der Waals surface area contributed by atoms with Crippen molar-refractivity contribution in [3.05, 3.63) is 17.5 Å². The van der Waals surface area contributed by atoms with Crippen LogP contribution in [0, 0.1) is 5.41 Å². The van der Waals surface area contributed by atoms with E-state index in [1.165, 1.54) is 12.8 Å². The van der Waals surface area contributed by atoms with Crippen molar-refractivity contribution < 1.29 is 9.32 Å². The maximum atomic E-state index is 12.6. The molecule has 1 amide bonds. The highest BCUT2D eigenvalue weighted by molar-refractivity contribution is 5.92. The second-order valence-electron chi connectivity index (χ2n) is 6.53. The Bertz CT molecular complexity index is 495. The Morgan fingerprint density at radius 3 is 2.90 bits per heavy atom. The molecule has 0 bridgehead atoms. The summed E-state index contributed by atoms with van der Waals surface area (Å²) in [6.45, 7) is 7.87. The summed E-state index contributed by atoms with van der Waals surface area (Å²) in [5.74, 6) is 1.06. The van der Waals surface area contributed by atoms with Crippen molar-refractivity contribution in [1.29, 1.82) is 0 Å². The van der Waals surface area contributed by atoms with Gasteiger partial charge in [0.15, 0.2) is 5.69 Å². The zero-order chi connectivity index (χ0) is 14.2. The average Bonchev–Trinajstić information content (AvgIpc) is 3.08. The summed E-state index contributed by atoms with van der Waals surface area (Å²) >= 11 is 0. The molecule has 1 unspecified atom stereocenters. The molecule has 0 radical (unpaired) electrons. The third-order valence-corrected chi connectivity index (χ3v) is 4.60. The van der Waals surface area contributed by atoms with Gasteiger partial charge in [-0.2, -0.15) is 0 Å². The number of carbonyl (C=O) groups is 1. The van der Waals surface area contributed by atoms with Crippen LogP contribution >= 0.6 is 12.4 Å². The number of nitrogens with one attached hydrogen (secondary N) is 1. The third-order valence-electron chi connectivity index (χ3n) is 4.60. The fourth-order valence-corrected chi connectivity index (χ4v) is 3.35. The third kappa shape index (κ3) is 3.24. The molecule has 1 spiro atoms. The minimum Gasteiger partial charge on any atom is -0.360 e. The highest BCUT2D eigenvalue weighted by Gasteiger charge is 2.39. The van der Waals surface area contributed by atoms with E-state index in [0.29, 0.717) is 11.1 Å². The molecule has 1 aromatic rings. The monoisotopic (exact) mass is 313 g/mol. The molecule has 2 saturated heterocycles. The number of rotatable bonds is 2. The molecule has 1 aromatic heterocycles. The number of nitrogens with zero attached hydrogens (tertiary/aromatic N) is 2. The summed E-state index contributed by atoms with van der Waals surface area (Å²) in [4.78, 5) is 14.5. The first kappa shape index (κ1) is 16.3. The van der Waals surface area contributed by atoms with Gasteiger partial charge < -0.3 is 14.7 Å². The van der Waals surface area contributed by atoms with Crippen LogP contribution in [0.4, 0.5) is 0 Å². The van der Waals surface area contributed by atoms with Crippen molar-refractivity contribution in [2.24, 2.45) is 5.41 Å². The minimum absolute atomic E-state index is 0. The average molecular weight is 314 g/mol. The van der Waals surface area contributed by atoms with E-state index >= 15 is 0 Å². The first-order valence-corrected chi connectivity index (χ1v) is 7.56. The fraction of sp³-hybridized carbons (Fsp3) is 0.733. The Labute approximate surface area is 131 Å². The number of likely N-dealkylation sites (tertiary alicyclic amines) is 1. The van der Waals surface area contributed by atoms with E-state index in [4.69, 9.17) is 4.52 Å². The molecule has 0 aromatic carbocycles. The van der Waals surface area contributed by atoms with Gasteiger partial charge in [0.25, 0.3) is 5.91 Å². The predicted octanol–water partition coefficient (Wildman–Crippen LogP) is 2.44. The summed E-state index contributed by atoms with van der Waals surface area (Å²) in [6, 6.07) is 1.79. The highest BCUT2D eigenvalue weighted by Crippen LogP contribution is 2.35. The minimum atomic E-state index is 0. The normalized spacial score (nSPS) is 25.4. The fourth-order valence-electron chi connectivity index (χ4n) is 3.35. The molecule has 3 heterocycles. The lowest BCUT2D eigenvalue weighted by molar-refractivity contribution is 0.0543. The molecule has 6 heteroatoms. The number of hydrogen-bond donors (Lipinski definition) is 1. The first-order valence-electron chi connectivity index (χ1n) is 7.56. The van der Waals surface area contributed by atoms with Crippen LogP contribution in [0.3, 0.4) is 0 Å². The van der Waals surface area contributed by atoms with E-state index in [0.717, 1.165) is 38.4 Å². The maximum absolute atomic E-state index is 12.6. The lowest BCUT2D eigenvalue weighted by Gasteiger charge is -2.39. The second-order valence-corrected chi connectivity index (χ2v) is 6.53. The topological polar surface area (TPSA) is 58.4 Å². The largest absolute Gasteiger partial charge is 0.360 e. The van der Waals surface area contributed by atoms with E-state index < -0.39 is 0 Å². The van der Waals surface area contributed by atoms with Gasteiger partial charge in [-0.05, 0) is 25.8 Å². The SMILES string of the molecule is CC(C)c1cc(C(=O)N2CCCC3(CCNC3)C2)no1.Cl. The van der Waals surface area contributed by atoms with Gasteiger partial charge in [0.05, 0.1) is 0 Å². The van der Waals surface area contributed by atoms with Crippen LogP contribution in [0.2, 0.25) is 0 Å². The van der Waals surface area contributed by atoms with Gasteiger partial charge in [0.2, 0.25) is 0 Å². The molecular weight excluding hydrogens is 290 g/mol. The zero-order valence-electron chi connectivity index (χ0n) is 12.7. The number of hydrogen-bond acceptors (Lipinski definition) is 4. The Hall–Kier alpha value is -1.07. The van der Waals surface area contributed by atoms with Crippen LogP contribution in [0.1, 0.15) is 55.3 Å². The number of aromatic nitrogens is 1. The zero-order valence-corrected chi connectivity index (χ0v) is 13.5. The van der Waals surface area contributed by atoms with Crippen LogP contribution in [-0.2, 0) is 0 Å². The Morgan fingerprint density at radius 1 is 1.48 bits per heavy atom. The van der Waals surface area contributed by atoms with Crippen molar-refractivity contribution >= 4 is 18.3 Å². The van der Waals surface area contributed by atoms with Gasteiger partial charge >= 0.3 is 0 Å². The number of piperidine rings is 1. The molecule has 2 fully saturated rings. The van der Waals surface area contributed by atoms with Crippen molar-refractivity contribution in [2.75, 3.05) is 26.2 Å². The molecule has 1 atom stereocenters. The Balaban J connectivity index is 0.00000161. The maximum Gasteiger partial charge on any atom is 0.276 e. The number of halogens is 1. The molecule has 0 aliphatic carbocycles. The van der Waals surface area contributed by atoms with Crippen molar-refractivity contribution in [1.82, 2.24) is 15.4 Å². The molecule has 2 aliphatic heterocycles. The first-order chi connectivity index (χ1) is 9.60. The van der Waals surface area contributed by atoms with Crippen LogP contribution < -0.4 is 5.32 Å². The summed E-state index contributed by atoms with van der Waals surface area (Å²) in [5, 5.41) is 7.37. The molecular formula is C15H24ClN3O2. The van der Waals surface area contributed by atoms with Gasteiger partial charge in [-0.25, -0.2) is 0 Å². The summed E-state index contributed by atoms with van der Waals surface area (Å²) in [5.41, 5.74) is 0.745.